The summed E-state index contributed by atoms with van der Waals surface area (Å²) < 4.78 is 2.29. The summed E-state index contributed by atoms with van der Waals surface area (Å²) in [6.07, 6.45) is 6.18. The fourth-order valence-electron chi connectivity index (χ4n) is 6.03. The maximum absolute atomic E-state index is 4.31. The summed E-state index contributed by atoms with van der Waals surface area (Å²) in [5.41, 5.74) is 11.3. The number of hydrogen-bond donors (Lipinski definition) is 0. The monoisotopic (exact) mass is 478 g/mol. The van der Waals surface area contributed by atoms with E-state index in [1.54, 1.807) is 0 Å². The van der Waals surface area contributed by atoms with E-state index in [4.69, 9.17) is 0 Å². The van der Waals surface area contributed by atoms with Crippen LogP contribution in [0.15, 0.2) is 116 Å². The molecule has 37 heavy (non-hydrogen) atoms. The van der Waals surface area contributed by atoms with Gasteiger partial charge >= 0.3 is 0 Å². The van der Waals surface area contributed by atoms with Gasteiger partial charge in [0.2, 0.25) is 0 Å². The molecule has 5 aromatic rings. The third-order valence-electron chi connectivity index (χ3n) is 8.05. The van der Waals surface area contributed by atoms with E-state index < -0.39 is 0 Å². The number of para-hydroxylation sites is 1. The predicted octanol–water partition coefficient (Wildman–Crippen LogP) is 9.17. The van der Waals surface area contributed by atoms with Crippen LogP contribution >= 0.6 is 0 Å². The summed E-state index contributed by atoms with van der Waals surface area (Å²) in [5.74, 6) is 1.34. The molecule has 2 unspecified atom stereocenters. The molecule has 0 amide bonds. The van der Waals surface area contributed by atoms with Crippen molar-refractivity contribution in [1.82, 2.24) is 4.57 Å². The highest BCUT2D eigenvalue weighted by Crippen LogP contribution is 2.54. The van der Waals surface area contributed by atoms with Crippen molar-refractivity contribution < 1.29 is 0 Å². The Morgan fingerprint density at radius 2 is 1.46 bits per heavy atom. The third-order valence-corrected chi connectivity index (χ3v) is 8.05. The zero-order valence-corrected chi connectivity index (χ0v) is 21.4. The Hall–Kier alpha value is -4.30. The van der Waals surface area contributed by atoms with E-state index in [1.165, 1.54) is 61.9 Å². The average Bonchev–Trinajstić information content (AvgIpc) is 3.66. The second kappa shape index (κ2) is 8.38. The lowest BCUT2D eigenvalue weighted by Crippen LogP contribution is -2.08. The summed E-state index contributed by atoms with van der Waals surface area (Å²) >= 11 is 0. The second-order valence-electron chi connectivity index (χ2n) is 10.5. The quantitative estimate of drug-likeness (QED) is 0.244. The first-order valence-electron chi connectivity index (χ1n) is 13.1. The molecule has 1 aromatic heterocycles. The van der Waals surface area contributed by atoms with Crippen molar-refractivity contribution in [2.75, 3.05) is 11.9 Å². The van der Waals surface area contributed by atoms with Gasteiger partial charge in [0.1, 0.15) is 0 Å². The lowest BCUT2D eigenvalue weighted by atomic mass is 9.90. The Morgan fingerprint density at radius 1 is 0.784 bits per heavy atom. The van der Waals surface area contributed by atoms with E-state index in [0.717, 1.165) is 5.70 Å². The SMILES string of the molecule is C=C(C)n1c2ccc(C3=CC4CC4C(c4ccccc4)=C3)cc2c2cc(N(C)c3ccccc3)ccc21. The topological polar surface area (TPSA) is 8.17 Å². The van der Waals surface area contributed by atoms with Gasteiger partial charge in [-0.3, -0.25) is 0 Å². The minimum absolute atomic E-state index is 0.661. The highest BCUT2D eigenvalue weighted by molar-refractivity contribution is 6.12. The van der Waals surface area contributed by atoms with Crippen molar-refractivity contribution in [3.05, 3.63) is 127 Å². The summed E-state index contributed by atoms with van der Waals surface area (Å²) in [7, 11) is 2.13. The van der Waals surface area contributed by atoms with Crippen LogP contribution in [0.1, 0.15) is 24.5 Å². The Bertz CT molecular complexity index is 1730. The van der Waals surface area contributed by atoms with Crippen LogP contribution in [0.2, 0.25) is 0 Å². The minimum atomic E-state index is 0.661. The molecule has 0 saturated heterocycles. The molecule has 2 nitrogen and oxygen atoms in total. The number of benzene rings is 4. The molecule has 7 rings (SSSR count). The van der Waals surface area contributed by atoms with Crippen molar-refractivity contribution in [3.63, 3.8) is 0 Å². The first kappa shape index (κ1) is 21.9. The van der Waals surface area contributed by atoms with Gasteiger partial charge in [0.15, 0.2) is 0 Å². The summed E-state index contributed by atoms with van der Waals surface area (Å²) in [4.78, 5) is 2.25. The molecule has 1 saturated carbocycles. The van der Waals surface area contributed by atoms with Gasteiger partial charge in [-0.1, -0.05) is 73.3 Å². The largest absolute Gasteiger partial charge is 0.345 e. The molecular formula is C35H30N2. The first-order chi connectivity index (χ1) is 18.1. The Labute approximate surface area is 218 Å². The van der Waals surface area contributed by atoms with Crippen LogP contribution in [0.4, 0.5) is 11.4 Å². The molecule has 0 spiro atoms. The highest BCUT2D eigenvalue weighted by Gasteiger charge is 2.41. The molecule has 1 fully saturated rings. The number of rotatable bonds is 5. The highest BCUT2D eigenvalue weighted by atomic mass is 15.1. The molecule has 0 radical (unpaired) electrons. The molecule has 0 bridgehead atoms. The van der Waals surface area contributed by atoms with E-state index in [-0.39, 0.29) is 0 Å². The van der Waals surface area contributed by atoms with Crippen LogP contribution < -0.4 is 4.90 Å². The fourth-order valence-corrected chi connectivity index (χ4v) is 6.03. The van der Waals surface area contributed by atoms with Gasteiger partial charge in [0.25, 0.3) is 0 Å². The van der Waals surface area contributed by atoms with Crippen molar-refractivity contribution in [3.8, 4) is 0 Å². The van der Waals surface area contributed by atoms with E-state index in [2.05, 4.69) is 139 Å². The third kappa shape index (κ3) is 3.64. The number of anilines is 2. The number of nitrogens with zero attached hydrogens (tertiary/aromatic N) is 2. The molecule has 2 aliphatic carbocycles. The fraction of sp³-hybridized carbons (Fsp3) is 0.143. The minimum Gasteiger partial charge on any atom is -0.345 e. The lowest BCUT2D eigenvalue weighted by Gasteiger charge is -2.19. The summed E-state index contributed by atoms with van der Waals surface area (Å²) in [5, 5.41) is 2.53. The standard InChI is InChI=1S/C35H30N2/c1-23(2)37-34-16-14-25(26-18-27-21-31(27)30(20-26)24-10-6-4-7-11-24)19-32(34)33-22-29(15-17-35(33)37)36(3)28-12-8-5-9-13-28/h4-20,22,27,31H,1,21H2,2-3H3. The van der Waals surface area contributed by atoms with Gasteiger partial charge in [-0.15, -0.1) is 0 Å². The van der Waals surface area contributed by atoms with Crippen molar-refractivity contribution in [1.29, 1.82) is 0 Å². The van der Waals surface area contributed by atoms with Gasteiger partial charge in [0.05, 0.1) is 11.0 Å². The van der Waals surface area contributed by atoms with Crippen LogP contribution in [-0.2, 0) is 0 Å². The Morgan fingerprint density at radius 3 is 2.19 bits per heavy atom. The van der Waals surface area contributed by atoms with Gasteiger partial charge in [-0.2, -0.15) is 0 Å². The molecular weight excluding hydrogens is 448 g/mol. The molecule has 2 atom stereocenters. The van der Waals surface area contributed by atoms with Crippen LogP contribution in [0.3, 0.4) is 0 Å². The molecule has 4 aromatic carbocycles. The van der Waals surface area contributed by atoms with Gasteiger partial charge in [-0.25, -0.2) is 0 Å². The Kier molecular flexibility index (Phi) is 4.97. The smallest absolute Gasteiger partial charge is 0.0539 e. The lowest BCUT2D eigenvalue weighted by molar-refractivity contribution is 1.00. The molecule has 0 N–H and O–H groups in total. The van der Waals surface area contributed by atoms with Crippen LogP contribution in [0, 0.1) is 11.8 Å². The van der Waals surface area contributed by atoms with Crippen molar-refractivity contribution >= 4 is 50.0 Å². The van der Waals surface area contributed by atoms with Gasteiger partial charge in [0, 0.05) is 34.9 Å². The van der Waals surface area contributed by atoms with Crippen molar-refractivity contribution in [2.24, 2.45) is 11.8 Å². The van der Waals surface area contributed by atoms with E-state index in [1.807, 2.05) is 0 Å². The zero-order chi connectivity index (χ0) is 25.1. The molecule has 2 heteroatoms. The number of aromatic nitrogens is 1. The molecule has 180 valence electrons. The first-order valence-corrected chi connectivity index (χ1v) is 13.1. The van der Waals surface area contributed by atoms with Crippen LogP contribution in [0.25, 0.3) is 38.6 Å². The van der Waals surface area contributed by atoms with Gasteiger partial charge in [-0.05, 0) is 89.9 Å². The molecule has 2 aliphatic rings. The zero-order valence-electron chi connectivity index (χ0n) is 21.4. The number of fused-ring (bicyclic) bond motifs is 4. The maximum Gasteiger partial charge on any atom is 0.0539 e. The van der Waals surface area contributed by atoms with Crippen molar-refractivity contribution in [2.45, 2.75) is 13.3 Å². The van der Waals surface area contributed by atoms with Crippen LogP contribution in [0.5, 0.6) is 0 Å². The second-order valence-corrected chi connectivity index (χ2v) is 10.5. The predicted molar refractivity (Wildman–Crippen MR) is 159 cm³/mol. The van der Waals surface area contributed by atoms with Crippen LogP contribution in [-0.4, -0.2) is 11.6 Å². The van der Waals surface area contributed by atoms with E-state index in [0.29, 0.717) is 11.8 Å². The number of allylic oxidation sites excluding steroid dienone is 5. The summed E-state index contributed by atoms with van der Waals surface area (Å²) in [6, 6.07) is 35.1. The number of hydrogen-bond acceptors (Lipinski definition) is 1. The normalized spacial score (nSPS) is 18.3. The maximum atomic E-state index is 4.31. The molecule has 0 aliphatic heterocycles. The van der Waals surface area contributed by atoms with E-state index in [9.17, 15) is 0 Å². The molecule has 1 heterocycles. The van der Waals surface area contributed by atoms with E-state index >= 15 is 0 Å². The van der Waals surface area contributed by atoms with Gasteiger partial charge < -0.3 is 9.47 Å². The summed E-state index contributed by atoms with van der Waals surface area (Å²) in [6.45, 7) is 6.39. The average molecular weight is 479 g/mol. The Balaban J connectivity index is 1.38.